The summed E-state index contributed by atoms with van der Waals surface area (Å²) < 4.78 is 0. The van der Waals surface area contributed by atoms with Gasteiger partial charge in [-0.1, -0.05) is 19.3 Å². The van der Waals surface area contributed by atoms with Crippen LogP contribution in [0.4, 0.5) is 0 Å². The van der Waals surface area contributed by atoms with E-state index in [9.17, 15) is 4.79 Å². The Labute approximate surface area is 155 Å². The first-order chi connectivity index (χ1) is 12.3. The van der Waals surface area contributed by atoms with Crippen LogP contribution in [-0.4, -0.2) is 65.4 Å². The summed E-state index contributed by atoms with van der Waals surface area (Å²) in [5, 5.41) is 8.90. The Bertz CT molecular complexity index is 543. The standard InChI is InChI=1S/C20H30N2O2S/c23-15-16-25-19-9-7-17(8-10-19)20(24)22-12-4-11-21(13-14-22)18-5-2-1-3-6-18/h7-10,18,23H,1-6,11-16H2. The molecule has 1 N–H and O–H groups in total. The van der Waals surface area contributed by atoms with Crippen molar-refractivity contribution in [3.63, 3.8) is 0 Å². The van der Waals surface area contributed by atoms with Crippen LogP contribution in [0.15, 0.2) is 29.2 Å². The van der Waals surface area contributed by atoms with Gasteiger partial charge in [-0.3, -0.25) is 9.69 Å². The van der Waals surface area contributed by atoms with Gasteiger partial charge in [0.15, 0.2) is 0 Å². The zero-order valence-electron chi connectivity index (χ0n) is 15.0. The smallest absolute Gasteiger partial charge is 0.253 e. The van der Waals surface area contributed by atoms with Crippen LogP contribution in [0, 0.1) is 0 Å². The van der Waals surface area contributed by atoms with Gasteiger partial charge in [-0.15, -0.1) is 11.8 Å². The Morgan fingerprint density at radius 3 is 2.48 bits per heavy atom. The first kappa shape index (κ1) is 18.7. The van der Waals surface area contributed by atoms with Crippen LogP contribution < -0.4 is 0 Å². The topological polar surface area (TPSA) is 43.8 Å². The summed E-state index contributed by atoms with van der Waals surface area (Å²) in [6.45, 7) is 4.03. The summed E-state index contributed by atoms with van der Waals surface area (Å²) in [4.78, 5) is 18.6. The molecule has 5 heteroatoms. The molecule has 1 aromatic rings. The molecule has 3 rings (SSSR count). The van der Waals surface area contributed by atoms with Crippen molar-refractivity contribution in [3.05, 3.63) is 29.8 Å². The highest BCUT2D eigenvalue weighted by Gasteiger charge is 2.25. The Morgan fingerprint density at radius 2 is 1.76 bits per heavy atom. The molecular weight excluding hydrogens is 332 g/mol. The van der Waals surface area contributed by atoms with Crippen molar-refractivity contribution in [1.29, 1.82) is 0 Å². The molecule has 2 fully saturated rings. The Kier molecular flexibility index (Phi) is 7.20. The van der Waals surface area contributed by atoms with Crippen molar-refractivity contribution >= 4 is 17.7 Å². The zero-order valence-corrected chi connectivity index (χ0v) is 15.8. The third-order valence-electron chi connectivity index (χ3n) is 5.37. The number of amides is 1. The number of nitrogens with zero attached hydrogens (tertiary/aromatic N) is 2. The van der Waals surface area contributed by atoms with Crippen molar-refractivity contribution in [2.75, 3.05) is 38.5 Å². The molecule has 0 spiro atoms. The average Bonchev–Trinajstić information content (AvgIpc) is 2.93. The van der Waals surface area contributed by atoms with Crippen molar-refractivity contribution in [2.45, 2.75) is 49.5 Å². The van der Waals surface area contributed by atoms with Gasteiger partial charge < -0.3 is 10.0 Å². The van der Waals surface area contributed by atoms with Crippen molar-refractivity contribution in [2.24, 2.45) is 0 Å². The molecule has 1 heterocycles. The van der Waals surface area contributed by atoms with Gasteiger partial charge in [0, 0.05) is 48.4 Å². The molecule has 2 aliphatic rings. The van der Waals surface area contributed by atoms with E-state index in [0.717, 1.165) is 49.1 Å². The molecule has 1 amide bonds. The number of aliphatic hydroxyl groups is 1. The second-order valence-electron chi connectivity index (χ2n) is 7.07. The lowest BCUT2D eigenvalue weighted by atomic mass is 9.94. The van der Waals surface area contributed by atoms with E-state index in [2.05, 4.69) is 4.90 Å². The molecule has 138 valence electrons. The summed E-state index contributed by atoms with van der Waals surface area (Å²) >= 11 is 1.61. The molecular formula is C20H30N2O2S. The lowest BCUT2D eigenvalue weighted by Crippen LogP contribution is -2.40. The van der Waals surface area contributed by atoms with Crippen LogP contribution in [0.25, 0.3) is 0 Å². The van der Waals surface area contributed by atoms with Crippen LogP contribution in [0.3, 0.4) is 0 Å². The van der Waals surface area contributed by atoms with Crippen LogP contribution in [0.5, 0.6) is 0 Å². The van der Waals surface area contributed by atoms with Gasteiger partial charge in [0.05, 0.1) is 6.61 Å². The molecule has 0 bridgehead atoms. The number of benzene rings is 1. The summed E-state index contributed by atoms with van der Waals surface area (Å²) in [6.07, 6.45) is 7.87. The fraction of sp³-hybridized carbons (Fsp3) is 0.650. The van der Waals surface area contributed by atoms with Crippen LogP contribution in [0.2, 0.25) is 0 Å². The van der Waals surface area contributed by atoms with Crippen molar-refractivity contribution < 1.29 is 9.90 Å². The molecule has 4 nitrogen and oxygen atoms in total. The van der Waals surface area contributed by atoms with Crippen molar-refractivity contribution in [1.82, 2.24) is 9.80 Å². The molecule has 0 radical (unpaired) electrons. The molecule has 25 heavy (non-hydrogen) atoms. The first-order valence-electron chi connectivity index (χ1n) is 9.65. The third-order valence-corrected chi connectivity index (χ3v) is 6.36. The summed E-state index contributed by atoms with van der Waals surface area (Å²) in [6, 6.07) is 8.56. The number of rotatable bonds is 5. The van der Waals surface area contributed by atoms with Gasteiger partial charge in [0.1, 0.15) is 0 Å². The minimum Gasteiger partial charge on any atom is -0.396 e. The van der Waals surface area contributed by atoms with E-state index in [1.165, 1.54) is 32.1 Å². The van der Waals surface area contributed by atoms with E-state index in [4.69, 9.17) is 5.11 Å². The van der Waals surface area contributed by atoms with E-state index in [1.54, 1.807) is 11.8 Å². The van der Waals surface area contributed by atoms with E-state index in [0.29, 0.717) is 5.75 Å². The van der Waals surface area contributed by atoms with E-state index >= 15 is 0 Å². The van der Waals surface area contributed by atoms with Gasteiger partial charge in [-0.2, -0.15) is 0 Å². The van der Waals surface area contributed by atoms with Crippen LogP contribution in [-0.2, 0) is 0 Å². The molecule has 1 saturated carbocycles. The lowest BCUT2D eigenvalue weighted by Gasteiger charge is -2.33. The highest BCUT2D eigenvalue weighted by Crippen LogP contribution is 2.24. The fourth-order valence-corrected chi connectivity index (χ4v) is 4.65. The van der Waals surface area contributed by atoms with E-state index in [-0.39, 0.29) is 12.5 Å². The molecule has 1 aromatic carbocycles. The molecule has 1 saturated heterocycles. The van der Waals surface area contributed by atoms with E-state index < -0.39 is 0 Å². The molecule has 1 aliphatic carbocycles. The quantitative estimate of drug-likeness (QED) is 0.817. The summed E-state index contributed by atoms with van der Waals surface area (Å²) in [7, 11) is 0. The predicted octanol–water partition coefficient (Wildman–Crippen LogP) is 3.25. The number of carbonyl (C=O) groups is 1. The second-order valence-corrected chi connectivity index (χ2v) is 8.24. The number of thioether (sulfide) groups is 1. The second kappa shape index (κ2) is 9.60. The molecule has 0 aromatic heterocycles. The van der Waals surface area contributed by atoms with Crippen molar-refractivity contribution in [3.8, 4) is 0 Å². The SMILES string of the molecule is O=C(c1ccc(SCCO)cc1)N1CCCN(C2CCCCC2)CC1. The Hall–Kier alpha value is -1.04. The monoisotopic (exact) mass is 362 g/mol. The fourth-order valence-electron chi connectivity index (χ4n) is 3.99. The van der Waals surface area contributed by atoms with Gasteiger partial charge in [-0.05, 0) is 43.5 Å². The van der Waals surface area contributed by atoms with Gasteiger partial charge >= 0.3 is 0 Å². The minimum absolute atomic E-state index is 0.157. The van der Waals surface area contributed by atoms with Crippen LogP contribution >= 0.6 is 11.8 Å². The minimum atomic E-state index is 0.157. The predicted molar refractivity (Wildman–Crippen MR) is 103 cm³/mol. The summed E-state index contributed by atoms with van der Waals surface area (Å²) in [5.74, 6) is 0.848. The average molecular weight is 363 g/mol. The Balaban J connectivity index is 1.55. The normalized spacial score (nSPS) is 20.4. The lowest BCUT2D eigenvalue weighted by molar-refractivity contribution is 0.0755. The number of hydrogen-bond acceptors (Lipinski definition) is 4. The maximum atomic E-state index is 12.8. The van der Waals surface area contributed by atoms with Gasteiger partial charge in [0.25, 0.3) is 5.91 Å². The highest BCUT2D eigenvalue weighted by atomic mass is 32.2. The summed E-state index contributed by atoms with van der Waals surface area (Å²) in [5.41, 5.74) is 0.777. The number of carbonyl (C=O) groups excluding carboxylic acids is 1. The maximum Gasteiger partial charge on any atom is 0.253 e. The zero-order chi connectivity index (χ0) is 17.5. The number of aliphatic hydroxyl groups excluding tert-OH is 1. The molecule has 1 aliphatic heterocycles. The molecule has 0 unspecified atom stereocenters. The van der Waals surface area contributed by atoms with Crippen LogP contribution in [0.1, 0.15) is 48.9 Å². The maximum absolute atomic E-state index is 12.8. The largest absolute Gasteiger partial charge is 0.396 e. The van der Waals surface area contributed by atoms with E-state index in [1.807, 2.05) is 29.2 Å². The number of hydrogen-bond donors (Lipinski definition) is 1. The van der Waals surface area contributed by atoms with Gasteiger partial charge in [0.2, 0.25) is 0 Å². The Morgan fingerprint density at radius 1 is 1.00 bits per heavy atom. The molecule has 0 atom stereocenters. The van der Waals surface area contributed by atoms with Gasteiger partial charge in [-0.25, -0.2) is 0 Å². The highest BCUT2D eigenvalue weighted by molar-refractivity contribution is 7.99. The first-order valence-corrected chi connectivity index (χ1v) is 10.6. The third kappa shape index (κ3) is 5.22.